The largest absolute Gasteiger partial charge is 0.494 e. The van der Waals surface area contributed by atoms with Crippen LogP contribution in [-0.2, 0) is 0 Å². The van der Waals surface area contributed by atoms with E-state index in [1.165, 1.54) is 25.6 Å². The number of carbonyl (C=O) groups is 1. The molecule has 0 radical (unpaired) electrons. The number of benzene rings is 1. The molecule has 0 N–H and O–H groups in total. The van der Waals surface area contributed by atoms with Crippen LogP contribution in [0.5, 0.6) is 5.75 Å². The van der Waals surface area contributed by atoms with Gasteiger partial charge in [0.2, 0.25) is 0 Å². The van der Waals surface area contributed by atoms with E-state index in [2.05, 4.69) is 4.98 Å². The monoisotopic (exact) mass is 245 g/mol. The molecule has 0 fully saturated rings. The molecule has 2 rings (SSSR count). The first kappa shape index (κ1) is 12.2. The summed E-state index contributed by atoms with van der Waals surface area (Å²) in [7, 11) is 1.46. The lowest BCUT2D eigenvalue weighted by Gasteiger charge is -2.07. The Balaban J connectivity index is 2.44. The van der Waals surface area contributed by atoms with Crippen molar-refractivity contribution in [1.29, 1.82) is 0 Å². The molecule has 0 amide bonds. The first-order valence-corrected chi connectivity index (χ1v) is 5.42. The van der Waals surface area contributed by atoms with E-state index in [9.17, 15) is 9.18 Å². The summed E-state index contributed by atoms with van der Waals surface area (Å²) in [6, 6.07) is 5.97. The third-order valence-corrected chi connectivity index (χ3v) is 2.68. The van der Waals surface area contributed by atoms with Crippen LogP contribution in [0.25, 0.3) is 0 Å². The number of halogens is 1. The first-order chi connectivity index (χ1) is 8.63. The van der Waals surface area contributed by atoms with Crippen molar-refractivity contribution >= 4 is 5.78 Å². The molecule has 1 aromatic carbocycles. The summed E-state index contributed by atoms with van der Waals surface area (Å²) in [4.78, 5) is 16.1. The van der Waals surface area contributed by atoms with Gasteiger partial charge in [-0.3, -0.25) is 9.78 Å². The summed E-state index contributed by atoms with van der Waals surface area (Å²) in [5.41, 5.74) is 1.17. The number of aryl methyl sites for hydroxylation is 1. The van der Waals surface area contributed by atoms with Crippen molar-refractivity contribution in [3.63, 3.8) is 0 Å². The fourth-order valence-corrected chi connectivity index (χ4v) is 1.62. The molecule has 2 aromatic rings. The molecule has 0 aliphatic carbocycles. The highest BCUT2D eigenvalue weighted by atomic mass is 19.1. The minimum atomic E-state index is -0.395. The van der Waals surface area contributed by atoms with Gasteiger partial charge in [0.15, 0.2) is 5.78 Å². The molecule has 0 atom stereocenters. The zero-order valence-corrected chi connectivity index (χ0v) is 10.1. The summed E-state index contributed by atoms with van der Waals surface area (Å²) in [6.07, 6.45) is 2.96. The Kier molecular flexibility index (Phi) is 3.37. The number of aromatic nitrogens is 1. The van der Waals surface area contributed by atoms with Crippen molar-refractivity contribution < 1.29 is 13.9 Å². The number of pyridine rings is 1. The second-order valence-corrected chi connectivity index (χ2v) is 3.87. The summed E-state index contributed by atoms with van der Waals surface area (Å²) in [5, 5.41) is 0. The van der Waals surface area contributed by atoms with E-state index in [4.69, 9.17) is 4.74 Å². The maximum absolute atomic E-state index is 13.4. The number of methoxy groups -OCH3 is 1. The van der Waals surface area contributed by atoms with Crippen LogP contribution in [0.15, 0.2) is 36.7 Å². The van der Waals surface area contributed by atoms with Gasteiger partial charge >= 0.3 is 0 Å². The fraction of sp³-hybridized carbons (Fsp3) is 0.143. The number of ketones is 1. The Morgan fingerprint density at radius 1 is 1.33 bits per heavy atom. The number of nitrogens with zero attached hydrogens (tertiary/aromatic N) is 1. The maximum Gasteiger partial charge on any atom is 0.196 e. The van der Waals surface area contributed by atoms with Gasteiger partial charge in [-0.05, 0) is 24.6 Å². The Labute approximate surface area is 104 Å². The maximum atomic E-state index is 13.4. The minimum Gasteiger partial charge on any atom is -0.494 e. The van der Waals surface area contributed by atoms with Crippen molar-refractivity contribution in [2.45, 2.75) is 6.92 Å². The van der Waals surface area contributed by atoms with Crippen LogP contribution in [0, 0.1) is 12.7 Å². The average Bonchev–Trinajstić information content (AvgIpc) is 2.41. The van der Waals surface area contributed by atoms with Crippen LogP contribution >= 0.6 is 0 Å². The van der Waals surface area contributed by atoms with Gasteiger partial charge in [-0.15, -0.1) is 0 Å². The molecule has 92 valence electrons. The fourth-order valence-electron chi connectivity index (χ4n) is 1.62. The topological polar surface area (TPSA) is 39.2 Å². The van der Waals surface area contributed by atoms with E-state index in [1.54, 1.807) is 25.1 Å². The van der Waals surface area contributed by atoms with Gasteiger partial charge in [-0.2, -0.15) is 0 Å². The molecule has 4 heteroatoms. The standard InChI is InChI=1S/C14H12FNO2/c1-9-3-4-10(7-12(9)15)14(17)11-5-6-16-8-13(11)18-2/h3-8H,1-2H3. The van der Waals surface area contributed by atoms with Crippen LogP contribution in [0.1, 0.15) is 21.5 Å². The SMILES string of the molecule is COc1cnccc1C(=O)c1ccc(C)c(F)c1. The summed E-state index contributed by atoms with van der Waals surface area (Å²) in [6.45, 7) is 1.65. The molecule has 0 spiro atoms. The number of hydrogen-bond donors (Lipinski definition) is 0. The van der Waals surface area contributed by atoms with Crippen molar-refractivity contribution in [3.05, 3.63) is 59.2 Å². The smallest absolute Gasteiger partial charge is 0.196 e. The lowest BCUT2D eigenvalue weighted by Crippen LogP contribution is -2.05. The van der Waals surface area contributed by atoms with E-state index >= 15 is 0 Å². The van der Waals surface area contributed by atoms with Crippen molar-refractivity contribution in [2.75, 3.05) is 7.11 Å². The molecule has 0 bridgehead atoms. The van der Waals surface area contributed by atoms with Crippen molar-refractivity contribution in [1.82, 2.24) is 4.98 Å². The highest BCUT2D eigenvalue weighted by Crippen LogP contribution is 2.21. The minimum absolute atomic E-state index is 0.284. The van der Waals surface area contributed by atoms with Gasteiger partial charge in [0.25, 0.3) is 0 Å². The summed E-state index contributed by atoms with van der Waals surface area (Å²) in [5.74, 6) is -0.300. The third kappa shape index (κ3) is 2.22. The molecule has 0 saturated carbocycles. The normalized spacial score (nSPS) is 10.2. The number of hydrogen-bond acceptors (Lipinski definition) is 3. The van der Waals surface area contributed by atoms with Crippen LogP contribution < -0.4 is 4.74 Å². The third-order valence-electron chi connectivity index (χ3n) is 2.68. The van der Waals surface area contributed by atoms with Crippen molar-refractivity contribution in [3.8, 4) is 5.75 Å². The highest BCUT2D eigenvalue weighted by Gasteiger charge is 2.15. The molecule has 1 heterocycles. The molecular weight excluding hydrogens is 233 g/mol. The summed E-state index contributed by atoms with van der Waals surface area (Å²) >= 11 is 0. The van der Waals surface area contributed by atoms with Crippen LogP contribution in [-0.4, -0.2) is 17.9 Å². The molecule has 18 heavy (non-hydrogen) atoms. The van der Waals surface area contributed by atoms with E-state index in [0.717, 1.165) is 0 Å². The molecule has 0 unspecified atom stereocenters. The zero-order chi connectivity index (χ0) is 13.1. The number of rotatable bonds is 3. The van der Waals surface area contributed by atoms with Gasteiger partial charge in [0, 0.05) is 11.8 Å². The van der Waals surface area contributed by atoms with E-state index < -0.39 is 5.82 Å². The van der Waals surface area contributed by atoms with Gasteiger partial charge in [-0.1, -0.05) is 12.1 Å². The summed E-state index contributed by atoms with van der Waals surface area (Å²) < 4.78 is 18.5. The first-order valence-electron chi connectivity index (χ1n) is 5.42. The lowest BCUT2D eigenvalue weighted by molar-refractivity contribution is 0.103. The molecule has 0 saturated heterocycles. The number of ether oxygens (including phenoxy) is 1. The van der Waals surface area contributed by atoms with Gasteiger partial charge in [0.05, 0.1) is 18.9 Å². The van der Waals surface area contributed by atoms with E-state index in [0.29, 0.717) is 22.4 Å². The Hall–Kier alpha value is -2.23. The predicted octanol–water partition coefficient (Wildman–Crippen LogP) is 2.77. The Bertz CT molecular complexity index is 596. The predicted molar refractivity (Wildman–Crippen MR) is 65.4 cm³/mol. The Morgan fingerprint density at radius 3 is 2.78 bits per heavy atom. The second-order valence-electron chi connectivity index (χ2n) is 3.87. The quantitative estimate of drug-likeness (QED) is 0.780. The van der Waals surface area contributed by atoms with Gasteiger partial charge < -0.3 is 4.74 Å². The van der Waals surface area contributed by atoms with Gasteiger partial charge in [-0.25, -0.2) is 4.39 Å². The molecule has 1 aromatic heterocycles. The van der Waals surface area contributed by atoms with E-state index in [-0.39, 0.29) is 5.78 Å². The lowest BCUT2D eigenvalue weighted by atomic mass is 10.0. The Morgan fingerprint density at radius 2 is 2.11 bits per heavy atom. The molecular formula is C14H12FNO2. The van der Waals surface area contributed by atoms with E-state index in [1.807, 2.05) is 0 Å². The highest BCUT2D eigenvalue weighted by molar-refractivity contribution is 6.10. The number of carbonyl (C=O) groups excluding carboxylic acids is 1. The molecule has 3 nitrogen and oxygen atoms in total. The average molecular weight is 245 g/mol. The van der Waals surface area contributed by atoms with Crippen molar-refractivity contribution in [2.24, 2.45) is 0 Å². The molecule has 0 aliphatic rings. The van der Waals surface area contributed by atoms with Crippen LogP contribution in [0.3, 0.4) is 0 Å². The second kappa shape index (κ2) is 4.96. The zero-order valence-electron chi connectivity index (χ0n) is 10.1. The van der Waals surface area contributed by atoms with Gasteiger partial charge in [0.1, 0.15) is 11.6 Å². The van der Waals surface area contributed by atoms with Crippen LogP contribution in [0.2, 0.25) is 0 Å². The molecule has 0 aliphatic heterocycles. The van der Waals surface area contributed by atoms with Crippen LogP contribution in [0.4, 0.5) is 4.39 Å².